The normalized spacial score (nSPS) is 11.9. The van der Waals surface area contributed by atoms with Crippen molar-refractivity contribution in [2.24, 2.45) is 5.16 Å². The highest BCUT2D eigenvalue weighted by atomic mass is 16.5. The van der Waals surface area contributed by atoms with Gasteiger partial charge >= 0.3 is 5.97 Å². The number of hydrogen-bond acceptors (Lipinski definition) is 6. The summed E-state index contributed by atoms with van der Waals surface area (Å²) in [5.74, 6) is -0.532. The van der Waals surface area contributed by atoms with Crippen LogP contribution in [0.2, 0.25) is 0 Å². The number of rotatable bonds is 4. The van der Waals surface area contributed by atoms with Crippen molar-refractivity contribution < 1.29 is 14.7 Å². The number of hydrogen-bond donors (Lipinski definition) is 1. The molecule has 1 rings (SSSR count). The fourth-order valence-electron chi connectivity index (χ4n) is 1.17. The lowest BCUT2D eigenvalue weighted by molar-refractivity contribution is -0.135. The first-order valence-corrected chi connectivity index (χ1v) is 4.90. The minimum absolute atomic E-state index is 0.00340. The first-order valence-electron chi connectivity index (χ1n) is 4.90. The molecule has 0 aliphatic carbocycles. The number of ether oxygens (including phenoxy) is 1. The number of esters is 1. The predicted octanol–water partition coefficient (Wildman–Crippen LogP) is 0.600. The van der Waals surface area contributed by atoms with Crippen LogP contribution in [0, 0.1) is 0 Å². The second kappa shape index (κ2) is 5.24. The maximum atomic E-state index is 11.5. The zero-order chi connectivity index (χ0) is 12.1. The summed E-state index contributed by atoms with van der Waals surface area (Å²) in [5, 5.41) is 15.7. The summed E-state index contributed by atoms with van der Waals surface area (Å²) in [6, 6.07) is 0.00340. The summed E-state index contributed by atoms with van der Waals surface area (Å²) >= 11 is 0. The van der Waals surface area contributed by atoms with Gasteiger partial charge in [-0.2, -0.15) is 5.10 Å². The van der Waals surface area contributed by atoms with Crippen LogP contribution in [0.25, 0.3) is 0 Å². The third-order valence-electron chi connectivity index (χ3n) is 1.84. The second-order valence-corrected chi connectivity index (χ2v) is 3.29. The van der Waals surface area contributed by atoms with Gasteiger partial charge in [0.1, 0.15) is 6.33 Å². The molecule has 88 valence electrons. The molecular weight excluding hydrogens is 212 g/mol. The standard InChI is InChI=1S/C9H14N4O3/c1-4-16-9(14)7(12-15)8-10-5-11-13(8)6(2)3/h5-6,15H,4H2,1-3H3/b12-7-. The molecule has 0 atom stereocenters. The van der Waals surface area contributed by atoms with Gasteiger partial charge in [0.25, 0.3) is 0 Å². The number of oxime groups is 1. The van der Waals surface area contributed by atoms with E-state index < -0.39 is 5.97 Å². The van der Waals surface area contributed by atoms with Crippen LogP contribution in [0.15, 0.2) is 11.5 Å². The van der Waals surface area contributed by atoms with E-state index in [9.17, 15) is 4.79 Å². The molecule has 7 heteroatoms. The maximum Gasteiger partial charge on any atom is 0.364 e. The van der Waals surface area contributed by atoms with Gasteiger partial charge in [0.2, 0.25) is 5.71 Å². The third-order valence-corrected chi connectivity index (χ3v) is 1.84. The fraction of sp³-hybridized carbons (Fsp3) is 0.556. The molecule has 0 bridgehead atoms. The van der Waals surface area contributed by atoms with Gasteiger partial charge in [0.15, 0.2) is 5.82 Å². The van der Waals surface area contributed by atoms with Crippen LogP contribution in [0.3, 0.4) is 0 Å². The average molecular weight is 226 g/mol. The van der Waals surface area contributed by atoms with Crippen LogP contribution in [0.4, 0.5) is 0 Å². The lowest BCUT2D eigenvalue weighted by atomic mass is 10.3. The topological polar surface area (TPSA) is 89.6 Å². The van der Waals surface area contributed by atoms with E-state index in [-0.39, 0.29) is 24.2 Å². The minimum atomic E-state index is -0.722. The largest absolute Gasteiger partial charge is 0.461 e. The van der Waals surface area contributed by atoms with Crippen molar-refractivity contribution in [3.63, 3.8) is 0 Å². The highest BCUT2D eigenvalue weighted by Gasteiger charge is 2.23. The van der Waals surface area contributed by atoms with Gasteiger partial charge in [-0.15, -0.1) is 0 Å². The molecule has 0 unspecified atom stereocenters. The van der Waals surface area contributed by atoms with Gasteiger partial charge in [-0.05, 0) is 20.8 Å². The quantitative estimate of drug-likeness (QED) is 0.351. The molecule has 1 N–H and O–H groups in total. The Kier molecular flexibility index (Phi) is 3.98. The third kappa shape index (κ3) is 2.36. The van der Waals surface area contributed by atoms with Crippen molar-refractivity contribution in [3.8, 4) is 0 Å². The molecule has 1 aromatic rings. The summed E-state index contributed by atoms with van der Waals surface area (Å²) in [4.78, 5) is 15.3. The Balaban J connectivity index is 3.05. The number of aromatic nitrogens is 3. The van der Waals surface area contributed by atoms with Gasteiger partial charge in [-0.25, -0.2) is 14.5 Å². The van der Waals surface area contributed by atoms with E-state index in [1.54, 1.807) is 6.92 Å². The van der Waals surface area contributed by atoms with Crippen molar-refractivity contribution in [2.45, 2.75) is 26.8 Å². The Hall–Kier alpha value is -1.92. The van der Waals surface area contributed by atoms with Gasteiger partial charge in [-0.1, -0.05) is 5.16 Å². The van der Waals surface area contributed by atoms with Crippen molar-refractivity contribution in [1.29, 1.82) is 0 Å². The fourth-order valence-corrected chi connectivity index (χ4v) is 1.17. The Labute approximate surface area is 92.7 Å². The van der Waals surface area contributed by atoms with Crippen LogP contribution in [-0.4, -0.2) is 38.3 Å². The molecule has 0 spiro atoms. The number of carbonyl (C=O) groups excluding carboxylic acids is 1. The average Bonchev–Trinajstić information content (AvgIpc) is 2.68. The molecule has 0 amide bonds. The summed E-state index contributed by atoms with van der Waals surface area (Å²) in [5.41, 5.74) is -0.243. The second-order valence-electron chi connectivity index (χ2n) is 3.29. The predicted molar refractivity (Wildman–Crippen MR) is 55.4 cm³/mol. The Morgan fingerprint density at radius 1 is 1.69 bits per heavy atom. The molecule has 0 aliphatic rings. The number of carbonyl (C=O) groups is 1. The number of nitrogens with zero attached hydrogens (tertiary/aromatic N) is 4. The van der Waals surface area contributed by atoms with E-state index in [4.69, 9.17) is 9.94 Å². The Bertz CT molecular complexity index is 397. The van der Waals surface area contributed by atoms with Crippen LogP contribution in [0.5, 0.6) is 0 Å². The molecule has 0 radical (unpaired) electrons. The molecule has 0 aliphatic heterocycles. The first kappa shape index (κ1) is 12.2. The van der Waals surface area contributed by atoms with E-state index >= 15 is 0 Å². The van der Waals surface area contributed by atoms with Gasteiger partial charge in [0, 0.05) is 6.04 Å². The molecule has 0 fully saturated rings. The smallest absolute Gasteiger partial charge is 0.364 e. The van der Waals surface area contributed by atoms with Crippen molar-refractivity contribution in [2.75, 3.05) is 6.61 Å². The highest BCUT2D eigenvalue weighted by Crippen LogP contribution is 2.07. The van der Waals surface area contributed by atoms with Crippen molar-refractivity contribution in [3.05, 3.63) is 12.2 Å². The molecule has 7 nitrogen and oxygen atoms in total. The van der Waals surface area contributed by atoms with Crippen LogP contribution in [0.1, 0.15) is 32.6 Å². The molecule has 0 saturated carbocycles. The maximum absolute atomic E-state index is 11.5. The zero-order valence-electron chi connectivity index (χ0n) is 9.41. The molecule has 1 heterocycles. The summed E-state index contributed by atoms with van der Waals surface area (Å²) in [7, 11) is 0. The van der Waals surface area contributed by atoms with Crippen molar-refractivity contribution in [1.82, 2.24) is 14.8 Å². The SMILES string of the molecule is CCOC(=O)/C(=N\O)c1ncnn1C(C)C. The molecule has 16 heavy (non-hydrogen) atoms. The molecular formula is C9H14N4O3. The summed E-state index contributed by atoms with van der Waals surface area (Å²) in [6.45, 7) is 5.62. The highest BCUT2D eigenvalue weighted by molar-refractivity contribution is 6.42. The van der Waals surface area contributed by atoms with E-state index in [2.05, 4.69) is 15.2 Å². The Morgan fingerprint density at radius 2 is 2.38 bits per heavy atom. The van der Waals surface area contributed by atoms with Crippen LogP contribution in [-0.2, 0) is 9.53 Å². The van der Waals surface area contributed by atoms with E-state index in [1.165, 1.54) is 11.0 Å². The van der Waals surface area contributed by atoms with E-state index in [0.717, 1.165) is 0 Å². The van der Waals surface area contributed by atoms with Crippen molar-refractivity contribution >= 4 is 11.7 Å². The Morgan fingerprint density at radius 3 is 2.88 bits per heavy atom. The van der Waals surface area contributed by atoms with Gasteiger partial charge in [-0.3, -0.25) is 0 Å². The monoisotopic (exact) mass is 226 g/mol. The summed E-state index contributed by atoms with van der Waals surface area (Å²) < 4.78 is 6.22. The van der Waals surface area contributed by atoms with Gasteiger partial charge in [0.05, 0.1) is 6.61 Å². The first-order chi connectivity index (χ1) is 7.61. The lowest BCUT2D eigenvalue weighted by Gasteiger charge is -2.09. The van der Waals surface area contributed by atoms with E-state index in [1.807, 2.05) is 13.8 Å². The lowest BCUT2D eigenvalue weighted by Crippen LogP contribution is -2.24. The molecule has 1 aromatic heterocycles. The molecule has 0 aromatic carbocycles. The van der Waals surface area contributed by atoms with Gasteiger partial charge < -0.3 is 9.94 Å². The molecule has 0 saturated heterocycles. The minimum Gasteiger partial charge on any atom is -0.461 e. The van der Waals surface area contributed by atoms with Crippen LogP contribution >= 0.6 is 0 Å². The van der Waals surface area contributed by atoms with Crippen LogP contribution < -0.4 is 0 Å². The summed E-state index contributed by atoms with van der Waals surface area (Å²) in [6.07, 6.45) is 1.29. The zero-order valence-corrected chi connectivity index (χ0v) is 9.41. The van der Waals surface area contributed by atoms with E-state index in [0.29, 0.717) is 0 Å².